The number of rotatable bonds is 26. The second-order valence-electron chi connectivity index (χ2n) is 11.0. The lowest BCUT2D eigenvalue weighted by molar-refractivity contribution is -0.890. The number of carbonyl (C=O) groups excluding carboxylic acids is 3. The number of likely N-dealkylation sites (N-methyl/N-ethyl adjacent to an activating group) is 1. The number of hydrogen-bond donors (Lipinski definition) is 0. The summed E-state index contributed by atoms with van der Waals surface area (Å²) in [5, 5.41) is 0. The molecule has 0 aliphatic carbocycles. The predicted octanol–water partition coefficient (Wildman–Crippen LogP) is 6.75. The minimum Gasteiger partial charge on any atom is -0.469 e. The Labute approximate surface area is 227 Å². The van der Waals surface area contributed by atoms with Gasteiger partial charge in [0, 0.05) is 19.8 Å². The van der Waals surface area contributed by atoms with E-state index in [4.69, 9.17) is 9.47 Å². The molecule has 0 fully saturated rings. The summed E-state index contributed by atoms with van der Waals surface area (Å²) in [6, 6.07) is 0. The number of unbranched alkanes of at least 4 members (excludes halogenated alkanes) is 15. The fraction of sp³-hybridized carbons (Fsp3) is 0.900. The molecule has 0 atom stereocenters. The van der Waals surface area contributed by atoms with Crippen molar-refractivity contribution in [2.45, 2.75) is 129 Å². The van der Waals surface area contributed by atoms with Gasteiger partial charge in [-0.15, -0.1) is 0 Å². The number of carbonyl (C=O) groups is 3. The normalized spacial score (nSPS) is 11.4. The molecule has 0 unspecified atom stereocenters. The Balaban J connectivity index is 3.32. The summed E-state index contributed by atoms with van der Waals surface area (Å²) < 4.78 is 16.0. The molecule has 0 N–H and O–H groups in total. The van der Waals surface area contributed by atoms with Crippen LogP contribution in [0.4, 0.5) is 0 Å². The maximum absolute atomic E-state index is 11.9. The zero-order chi connectivity index (χ0) is 27.6. The van der Waals surface area contributed by atoms with Crippen molar-refractivity contribution in [3.05, 3.63) is 0 Å². The van der Waals surface area contributed by atoms with Crippen LogP contribution in [0.3, 0.4) is 0 Å². The summed E-state index contributed by atoms with van der Waals surface area (Å²) >= 11 is 0. The quantitative estimate of drug-likeness (QED) is 0.0534. The monoisotopic (exact) mass is 528 g/mol. The van der Waals surface area contributed by atoms with E-state index in [2.05, 4.69) is 18.8 Å². The van der Waals surface area contributed by atoms with Crippen molar-refractivity contribution in [3.8, 4) is 0 Å². The van der Waals surface area contributed by atoms with Gasteiger partial charge in [0.15, 0.2) is 0 Å². The van der Waals surface area contributed by atoms with Crippen LogP contribution in [-0.4, -0.2) is 69.9 Å². The predicted molar refractivity (Wildman–Crippen MR) is 149 cm³/mol. The highest BCUT2D eigenvalue weighted by Gasteiger charge is 2.14. The molecule has 0 aromatic heterocycles. The molecule has 0 saturated carbocycles. The van der Waals surface area contributed by atoms with Gasteiger partial charge in [0.05, 0.1) is 34.4 Å². The molecule has 0 bridgehead atoms. The lowest BCUT2D eigenvalue weighted by Gasteiger charge is -2.29. The van der Waals surface area contributed by atoms with Crippen molar-refractivity contribution in [3.63, 3.8) is 0 Å². The van der Waals surface area contributed by atoms with Crippen LogP contribution < -0.4 is 0 Å². The van der Waals surface area contributed by atoms with Crippen molar-refractivity contribution in [1.82, 2.24) is 0 Å². The van der Waals surface area contributed by atoms with Crippen LogP contribution in [0, 0.1) is 0 Å². The number of quaternary nitrogens is 1. The number of esters is 3. The minimum atomic E-state index is -0.197. The van der Waals surface area contributed by atoms with Crippen molar-refractivity contribution < 1.29 is 33.1 Å². The van der Waals surface area contributed by atoms with Gasteiger partial charge in [-0.2, -0.15) is 0 Å². The molecule has 7 heteroatoms. The van der Waals surface area contributed by atoms with Gasteiger partial charge < -0.3 is 18.7 Å². The van der Waals surface area contributed by atoms with Crippen LogP contribution in [0.15, 0.2) is 0 Å². The summed E-state index contributed by atoms with van der Waals surface area (Å²) in [4.78, 5) is 33.7. The molecule has 0 spiro atoms. The highest BCUT2D eigenvalue weighted by Crippen LogP contribution is 2.13. The van der Waals surface area contributed by atoms with Gasteiger partial charge in [-0.25, -0.2) is 0 Å². The molecule has 0 aromatic rings. The van der Waals surface area contributed by atoms with Crippen LogP contribution in [-0.2, 0) is 28.6 Å². The maximum Gasteiger partial charge on any atom is 0.305 e. The van der Waals surface area contributed by atoms with Crippen molar-refractivity contribution in [2.24, 2.45) is 0 Å². The van der Waals surface area contributed by atoms with Crippen molar-refractivity contribution >= 4 is 17.9 Å². The van der Waals surface area contributed by atoms with Crippen LogP contribution in [0.2, 0.25) is 0 Å². The minimum absolute atomic E-state index is 0.0454. The van der Waals surface area contributed by atoms with Gasteiger partial charge in [-0.3, -0.25) is 14.4 Å². The third-order valence-electron chi connectivity index (χ3n) is 6.91. The molecule has 7 nitrogen and oxygen atoms in total. The Morgan fingerprint density at radius 1 is 0.514 bits per heavy atom. The summed E-state index contributed by atoms with van der Waals surface area (Å²) in [5.74, 6) is -0.358. The lowest BCUT2D eigenvalue weighted by atomic mass is 10.1. The molecule has 0 aliphatic rings. The van der Waals surface area contributed by atoms with E-state index in [9.17, 15) is 14.4 Å². The number of nitrogens with zero attached hydrogens (tertiary/aromatic N) is 1. The molecule has 0 aliphatic heterocycles. The smallest absolute Gasteiger partial charge is 0.305 e. The summed E-state index contributed by atoms with van der Waals surface area (Å²) in [6.45, 7) is 4.53. The van der Waals surface area contributed by atoms with E-state index < -0.39 is 0 Å². The second kappa shape index (κ2) is 24.7. The van der Waals surface area contributed by atoms with Crippen LogP contribution >= 0.6 is 0 Å². The van der Waals surface area contributed by atoms with Gasteiger partial charge in [0.1, 0.15) is 13.2 Å². The van der Waals surface area contributed by atoms with Crippen molar-refractivity contribution in [1.29, 1.82) is 0 Å². The Hall–Kier alpha value is -1.63. The number of ether oxygens (including phenoxy) is 3. The average molecular weight is 529 g/mol. The lowest BCUT2D eigenvalue weighted by Crippen LogP contribution is -2.43. The average Bonchev–Trinajstić information content (AvgIpc) is 2.85. The molecular formula is C30H58NO6+. The first-order valence-corrected chi connectivity index (χ1v) is 14.9. The third-order valence-corrected chi connectivity index (χ3v) is 6.91. The SMILES string of the molecule is COC(=O)CCCCCCCCCCC(=O)OCCCCCCCCCCC[N+](C)(C)CCOC(C)=O. The van der Waals surface area contributed by atoms with E-state index in [0.717, 1.165) is 62.5 Å². The van der Waals surface area contributed by atoms with Crippen LogP contribution in [0.1, 0.15) is 129 Å². The standard InChI is InChI=1S/C30H58NO6/c1-28(32)36-27-25-31(2,3)24-20-16-12-8-5-9-13-17-21-26-37-30(34)23-19-15-11-7-6-10-14-18-22-29(33)35-4/h5-27H2,1-4H3/q+1. The number of methoxy groups -OCH3 is 1. The first kappa shape index (κ1) is 35.4. The molecule has 0 radical (unpaired) electrons. The summed E-state index contributed by atoms with van der Waals surface area (Å²) in [7, 11) is 5.83. The third kappa shape index (κ3) is 27.2. The largest absolute Gasteiger partial charge is 0.469 e. The summed E-state index contributed by atoms with van der Waals surface area (Å²) in [6.07, 6.45) is 20.8. The second-order valence-corrected chi connectivity index (χ2v) is 11.0. The Morgan fingerprint density at radius 2 is 0.946 bits per heavy atom. The summed E-state index contributed by atoms with van der Waals surface area (Å²) in [5.41, 5.74) is 0. The fourth-order valence-electron chi connectivity index (χ4n) is 4.39. The zero-order valence-corrected chi connectivity index (χ0v) is 24.7. The van der Waals surface area contributed by atoms with Gasteiger partial charge in [-0.05, 0) is 32.1 Å². The Bertz CT molecular complexity index is 578. The zero-order valence-electron chi connectivity index (χ0n) is 24.7. The fourth-order valence-corrected chi connectivity index (χ4v) is 4.39. The highest BCUT2D eigenvalue weighted by molar-refractivity contribution is 5.69. The maximum atomic E-state index is 11.9. The molecule has 0 heterocycles. The van der Waals surface area contributed by atoms with E-state index in [-0.39, 0.29) is 17.9 Å². The topological polar surface area (TPSA) is 78.9 Å². The molecule has 0 aromatic carbocycles. The van der Waals surface area contributed by atoms with Gasteiger partial charge in [-0.1, -0.05) is 77.0 Å². The number of hydrogen-bond acceptors (Lipinski definition) is 6. The van der Waals surface area contributed by atoms with Gasteiger partial charge in [0.25, 0.3) is 0 Å². The Kier molecular flexibility index (Phi) is 23.6. The van der Waals surface area contributed by atoms with E-state index in [1.165, 1.54) is 78.2 Å². The first-order valence-electron chi connectivity index (χ1n) is 14.9. The molecule has 0 amide bonds. The highest BCUT2D eigenvalue weighted by atomic mass is 16.5. The van der Waals surface area contributed by atoms with E-state index in [1.54, 1.807) is 0 Å². The van der Waals surface area contributed by atoms with Gasteiger partial charge >= 0.3 is 17.9 Å². The molecule has 0 rings (SSSR count). The van der Waals surface area contributed by atoms with E-state index in [0.29, 0.717) is 26.1 Å². The van der Waals surface area contributed by atoms with E-state index >= 15 is 0 Å². The van der Waals surface area contributed by atoms with E-state index in [1.807, 2.05) is 0 Å². The Morgan fingerprint density at radius 3 is 1.43 bits per heavy atom. The van der Waals surface area contributed by atoms with Gasteiger partial charge in [0.2, 0.25) is 0 Å². The van der Waals surface area contributed by atoms with Crippen molar-refractivity contribution in [2.75, 3.05) is 47.5 Å². The van der Waals surface area contributed by atoms with Crippen LogP contribution in [0.5, 0.6) is 0 Å². The van der Waals surface area contributed by atoms with Crippen LogP contribution in [0.25, 0.3) is 0 Å². The molecule has 0 saturated heterocycles. The molecule has 37 heavy (non-hydrogen) atoms. The molecular weight excluding hydrogens is 470 g/mol. The first-order chi connectivity index (χ1) is 17.8. The molecule has 218 valence electrons.